The summed E-state index contributed by atoms with van der Waals surface area (Å²) in [5.41, 5.74) is 0.917. The molecule has 0 atom stereocenters. The number of carbonyl (C=O) groups is 2. The van der Waals surface area contributed by atoms with Crippen LogP contribution in [0.15, 0.2) is 18.2 Å². The van der Waals surface area contributed by atoms with Crippen molar-refractivity contribution in [1.82, 2.24) is 10.6 Å². The Bertz CT molecular complexity index is 450. The molecule has 0 unspecified atom stereocenters. The Hall–Kier alpha value is -1.26. The number of nitrogens with one attached hydrogen (secondary N) is 2. The molecule has 18 heavy (non-hydrogen) atoms. The molecule has 1 aromatic carbocycles. The molecule has 1 rings (SSSR count). The van der Waals surface area contributed by atoms with Crippen molar-refractivity contribution in [3.05, 3.63) is 33.8 Å². The number of hydrogen-bond acceptors (Lipinski definition) is 2. The lowest BCUT2D eigenvalue weighted by Crippen LogP contribution is -2.36. The third-order valence-corrected chi connectivity index (χ3v) is 2.82. The number of benzene rings is 1. The minimum absolute atomic E-state index is 0.0102. The molecule has 0 aromatic heterocycles. The molecule has 0 fully saturated rings. The van der Waals surface area contributed by atoms with Gasteiger partial charge >= 0.3 is 0 Å². The Morgan fingerprint density at radius 3 is 2.56 bits per heavy atom. The van der Waals surface area contributed by atoms with Crippen LogP contribution in [0.3, 0.4) is 0 Å². The molecule has 6 heteroatoms. The van der Waals surface area contributed by atoms with E-state index in [1.807, 2.05) is 6.07 Å². The Labute approximate surface area is 116 Å². The Morgan fingerprint density at radius 2 is 1.94 bits per heavy atom. The van der Waals surface area contributed by atoms with Gasteiger partial charge in [0.15, 0.2) is 0 Å². The maximum absolute atomic E-state index is 11.3. The second-order valence-electron chi connectivity index (χ2n) is 3.75. The first-order valence-electron chi connectivity index (χ1n) is 5.44. The lowest BCUT2D eigenvalue weighted by atomic mass is 10.1. The topological polar surface area (TPSA) is 58.2 Å². The van der Waals surface area contributed by atoms with Crippen LogP contribution in [0.25, 0.3) is 0 Å². The molecule has 0 saturated heterocycles. The predicted octanol–water partition coefficient (Wildman–Crippen LogP) is 1.79. The van der Waals surface area contributed by atoms with Gasteiger partial charge in [-0.05, 0) is 24.1 Å². The molecule has 2 amide bonds. The first kappa shape index (κ1) is 14.8. The number of carbonyl (C=O) groups excluding carboxylic acids is 2. The van der Waals surface area contributed by atoms with E-state index in [9.17, 15) is 9.59 Å². The molecule has 1 aromatic rings. The Balaban J connectivity index is 2.33. The summed E-state index contributed by atoms with van der Waals surface area (Å²) < 4.78 is 0. The van der Waals surface area contributed by atoms with Gasteiger partial charge in [-0.25, -0.2) is 0 Å². The predicted molar refractivity (Wildman–Crippen MR) is 71.9 cm³/mol. The highest BCUT2D eigenvalue weighted by Crippen LogP contribution is 2.20. The fourth-order valence-corrected chi connectivity index (χ4v) is 1.83. The van der Waals surface area contributed by atoms with Crippen LogP contribution in [0.2, 0.25) is 10.0 Å². The normalized spacial score (nSPS) is 9.94. The van der Waals surface area contributed by atoms with Crippen molar-refractivity contribution in [3.8, 4) is 0 Å². The van der Waals surface area contributed by atoms with Crippen LogP contribution in [0.4, 0.5) is 0 Å². The zero-order chi connectivity index (χ0) is 13.5. The molecule has 0 aliphatic heterocycles. The van der Waals surface area contributed by atoms with Gasteiger partial charge in [0.05, 0.1) is 6.54 Å². The highest BCUT2D eigenvalue weighted by atomic mass is 35.5. The Kier molecular flexibility index (Phi) is 5.95. The zero-order valence-electron chi connectivity index (χ0n) is 9.93. The monoisotopic (exact) mass is 288 g/mol. The van der Waals surface area contributed by atoms with Crippen molar-refractivity contribution in [2.45, 2.75) is 13.3 Å². The summed E-state index contributed by atoms with van der Waals surface area (Å²) in [5.74, 6) is -0.457. The molecule has 0 heterocycles. The SMILES string of the molecule is CC(=O)NCC(=O)NCCc1ccc(Cl)cc1Cl. The third-order valence-electron chi connectivity index (χ3n) is 2.23. The van der Waals surface area contributed by atoms with Crippen LogP contribution in [-0.4, -0.2) is 24.9 Å². The Morgan fingerprint density at radius 1 is 1.22 bits per heavy atom. The quantitative estimate of drug-likeness (QED) is 0.868. The van der Waals surface area contributed by atoms with Gasteiger partial charge in [0, 0.05) is 23.5 Å². The first-order valence-corrected chi connectivity index (χ1v) is 6.19. The van der Waals surface area contributed by atoms with Gasteiger partial charge in [-0.1, -0.05) is 29.3 Å². The first-order chi connectivity index (χ1) is 8.49. The molecule has 0 radical (unpaired) electrons. The summed E-state index contributed by atoms with van der Waals surface area (Å²) >= 11 is 11.8. The van der Waals surface area contributed by atoms with Crippen LogP contribution in [0.1, 0.15) is 12.5 Å². The summed E-state index contributed by atoms with van der Waals surface area (Å²) in [6, 6.07) is 5.24. The van der Waals surface area contributed by atoms with Crippen LogP contribution in [0.5, 0.6) is 0 Å². The van der Waals surface area contributed by atoms with Crippen LogP contribution >= 0.6 is 23.2 Å². The van der Waals surface area contributed by atoms with Crippen molar-refractivity contribution in [2.75, 3.05) is 13.1 Å². The van der Waals surface area contributed by atoms with Gasteiger partial charge in [0.25, 0.3) is 0 Å². The lowest BCUT2D eigenvalue weighted by Gasteiger charge is -2.07. The van der Waals surface area contributed by atoms with Crippen LogP contribution in [-0.2, 0) is 16.0 Å². The molecule has 0 aliphatic carbocycles. The maximum Gasteiger partial charge on any atom is 0.239 e. The van der Waals surface area contributed by atoms with Gasteiger partial charge in [-0.2, -0.15) is 0 Å². The smallest absolute Gasteiger partial charge is 0.239 e. The third kappa shape index (κ3) is 5.38. The van der Waals surface area contributed by atoms with E-state index in [1.165, 1.54) is 6.92 Å². The van der Waals surface area contributed by atoms with Gasteiger partial charge in [-0.3, -0.25) is 9.59 Å². The fraction of sp³-hybridized carbons (Fsp3) is 0.333. The molecule has 0 saturated carbocycles. The van der Waals surface area contributed by atoms with E-state index in [0.717, 1.165) is 5.56 Å². The van der Waals surface area contributed by atoms with E-state index in [-0.39, 0.29) is 18.4 Å². The minimum atomic E-state index is -0.231. The summed E-state index contributed by atoms with van der Waals surface area (Å²) in [4.78, 5) is 21.9. The van der Waals surface area contributed by atoms with Gasteiger partial charge in [-0.15, -0.1) is 0 Å². The molecular weight excluding hydrogens is 275 g/mol. The van der Waals surface area contributed by atoms with Crippen molar-refractivity contribution < 1.29 is 9.59 Å². The standard InChI is InChI=1S/C12H14Cl2N2O2/c1-8(17)16-7-12(18)15-5-4-9-2-3-10(13)6-11(9)14/h2-3,6H,4-5,7H2,1H3,(H,15,18)(H,16,17). The van der Waals surface area contributed by atoms with Gasteiger partial charge < -0.3 is 10.6 Å². The van der Waals surface area contributed by atoms with E-state index in [2.05, 4.69) is 10.6 Å². The van der Waals surface area contributed by atoms with E-state index in [4.69, 9.17) is 23.2 Å². The molecule has 2 N–H and O–H groups in total. The summed E-state index contributed by atoms with van der Waals surface area (Å²) in [6.07, 6.45) is 0.613. The van der Waals surface area contributed by atoms with Gasteiger partial charge in [0.1, 0.15) is 0 Å². The van der Waals surface area contributed by atoms with E-state index in [0.29, 0.717) is 23.0 Å². The van der Waals surface area contributed by atoms with Crippen molar-refractivity contribution in [2.24, 2.45) is 0 Å². The molecular formula is C12H14Cl2N2O2. The summed E-state index contributed by atoms with van der Waals surface area (Å²) in [7, 11) is 0. The minimum Gasteiger partial charge on any atom is -0.354 e. The highest BCUT2D eigenvalue weighted by Gasteiger charge is 2.04. The summed E-state index contributed by atoms with van der Waals surface area (Å²) in [6.45, 7) is 1.81. The van der Waals surface area contributed by atoms with Crippen LogP contribution < -0.4 is 10.6 Å². The summed E-state index contributed by atoms with van der Waals surface area (Å²) in [5, 5.41) is 6.27. The lowest BCUT2D eigenvalue weighted by molar-refractivity contribution is -0.125. The number of amides is 2. The second-order valence-corrected chi connectivity index (χ2v) is 4.59. The zero-order valence-corrected chi connectivity index (χ0v) is 11.4. The van der Waals surface area contributed by atoms with Crippen molar-refractivity contribution in [3.63, 3.8) is 0 Å². The van der Waals surface area contributed by atoms with E-state index in [1.54, 1.807) is 12.1 Å². The average molecular weight is 289 g/mol. The molecule has 4 nitrogen and oxygen atoms in total. The van der Waals surface area contributed by atoms with Crippen molar-refractivity contribution in [1.29, 1.82) is 0 Å². The molecule has 0 aliphatic rings. The van der Waals surface area contributed by atoms with E-state index < -0.39 is 0 Å². The number of hydrogen-bond donors (Lipinski definition) is 2. The fourth-order valence-electron chi connectivity index (χ4n) is 1.33. The molecule has 98 valence electrons. The highest BCUT2D eigenvalue weighted by molar-refractivity contribution is 6.35. The van der Waals surface area contributed by atoms with E-state index >= 15 is 0 Å². The van der Waals surface area contributed by atoms with Crippen LogP contribution in [0, 0.1) is 0 Å². The largest absolute Gasteiger partial charge is 0.354 e. The second kappa shape index (κ2) is 7.24. The maximum atomic E-state index is 11.3. The van der Waals surface area contributed by atoms with Crippen molar-refractivity contribution >= 4 is 35.0 Å². The number of halogens is 2. The number of rotatable bonds is 5. The average Bonchev–Trinajstić information content (AvgIpc) is 2.29. The van der Waals surface area contributed by atoms with Gasteiger partial charge in [0.2, 0.25) is 11.8 Å². The molecule has 0 spiro atoms. The molecule has 0 bridgehead atoms.